The topological polar surface area (TPSA) is 75.3 Å². The number of benzene rings is 3. The highest BCUT2D eigenvalue weighted by Crippen LogP contribution is 2.24. The van der Waals surface area contributed by atoms with Gasteiger partial charge >= 0.3 is 0 Å². The Kier molecular flexibility index (Phi) is 6.52. The van der Waals surface area contributed by atoms with E-state index in [1.165, 1.54) is 30.3 Å². The SMILES string of the molecule is CSc1cccc(NC(=O)c2ccc(C)c(NS(=O)(=O)c3ccc(Cl)cc3)c2)c1. The molecule has 3 aromatic rings. The molecule has 2 N–H and O–H groups in total. The minimum absolute atomic E-state index is 0.0880. The van der Waals surface area contributed by atoms with Gasteiger partial charge < -0.3 is 5.32 Å². The molecule has 8 heteroatoms. The fourth-order valence-electron chi connectivity index (χ4n) is 2.59. The Hall–Kier alpha value is -2.48. The first-order valence-corrected chi connectivity index (χ1v) is 11.7. The van der Waals surface area contributed by atoms with Gasteiger partial charge in [-0.1, -0.05) is 23.7 Å². The maximum absolute atomic E-state index is 12.7. The number of sulfonamides is 1. The van der Waals surface area contributed by atoms with Gasteiger partial charge in [0.15, 0.2) is 0 Å². The lowest BCUT2D eigenvalue weighted by atomic mass is 10.1. The van der Waals surface area contributed by atoms with Crippen LogP contribution in [0.1, 0.15) is 15.9 Å². The van der Waals surface area contributed by atoms with Gasteiger partial charge in [-0.2, -0.15) is 0 Å². The zero-order valence-electron chi connectivity index (χ0n) is 15.8. The molecule has 0 heterocycles. The highest BCUT2D eigenvalue weighted by atomic mass is 35.5. The molecule has 0 atom stereocenters. The van der Waals surface area contributed by atoms with Crippen molar-refractivity contribution in [3.63, 3.8) is 0 Å². The van der Waals surface area contributed by atoms with Crippen LogP contribution in [0.3, 0.4) is 0 Å². The predicted octanol–water partition coefficient (Wildman–Crippen LogP) is 5.42. The zero-order chi connectivity index (χ0) is 21.0. The molecule has 150 valence electrons. The minimum atomic E-state index is -3.81. The summed E-state index contributed by atoms with van der Waals surface area (Å²) >= 11 is 7.41. The summed E-state index contributed by atoms with van der Waals surface area (Å²) in [7, 11) is -3.81. The largest absolute Gasteiger partial charge is 0.322 e. The Labute approximate surface area is 179 Å². The van der Waals surface area contributed by atoms with E-state index in [0.717, 1.165) is 4.90 Å². The van der Waals surface area contributed by atoms with Gasteiger partial charge in [-0.05, 0) is 73.3 Å². The van der Waals surface area contributed by atoms with Crippen molar-refractivity contribution < 1.29 is 13.2 Å². The molecule has 0 aliphatic heterocycles. The van der Waals surface area contributed by atoms with Gasteiger partial charge in [0.1, 0.15) is 0 Å². The smallest absolute Gasteiger partial charge is 0.261 e. The fraction of sp³-hybridized carbons (Fsp3) is 0.0952. The van der Waals surface area contributed by atoms with E-state index in [9.17, 15) is 13.2 Å². The van der Waals surface area contributed by atoms with Crippen LogP contribution in [0.4, 0.5) is 11.4 Å². The molecule has 5 nitrogen and oxygen atoms in total. The van der Waals surface area contributed by atoms with Crippen LogP contribution in [0.15, 0.2) is 76.5 Å². The van der Waals surface area contributed by atoms with Crippen molar-refractivity contribution in [1.29, 1.82) is 0 Å². The number of hydrogen-bond donors (Lipinski definition) is 2. The summed E-state index contributed by atoms with van der Waals surface area (Å²) in [4.78, 5) is 13.8. The quantitative estimate of drug-likeness (QED) is 0.495. The van der Waals surface area contributed by atoms with Crippen LogP contribution >= 0.6 is 23.4 Å². The summed E-state index contributed by atoms with van der Waals surface area (Å²) in [6.07, 6.45) is 1.96. The van der Waals surface area contributed by atoms with Crippen molar-refractivity contribution in [2.75, 3.05) is 16.3 Å². The monoisotopic (exact) mass is 446 g/mol. The van der Waals surface area contributed by atoms with Crippen molar-refractivity contribution in [2.24, 2.45) is 0 Å². The second kappa shape index (κ2) is 8.90. The van der Waals surface area contributed by atoms with Gasteiger partial charge in [-0.25, -0.2) is 8.42 Å². The number of hydrogen-bond acceptors (Lipinski definition) is 4. The number of rotatable bonds is 6. The third-order valence-electron chi connectivity index (χ3n) is 4.20. The van der Waals surface area contributed by atoms with E-state index in [-0.39, 0.29) is 10.8 Å². The first-order valence-electron chi connectivity index (χ1n) is 8.63. The number of nitrogens with one attached hydrogen (secondary N) is 2. The molecule has 0 unspecified atom stereocenters. The van der Waals surface area contributed by atoms with Gasteiger partial charge in [0.25, 0.3) is 15.9 Å². The van der Waals surface area contributed by atoms with Crippen molar-refractivity contribution in [3.8, 4) is 0 Å². The molecule has 0 fully saturated rings. The Morgan fingerprint density at radius 2 is 1.72 bits per heavy atom. The number of aryl methyl sites for hydroxylation is 1. The van der Waals surface area contributed by atoms with Crippen LogP contribution in [0.5, 0.6) is 0 Å². The van der Waals surface area contributed by atoms with Gasteiger partial charge in [0.05, 0.1) is 10.6 Å². The molecule has 0 bridgehead atoms. The molecule has 0 aromatic heterocycles. The van der Waals surface area contributed by atoms with Crippen LogP contribution in [-0.2, 0) is 10.0 Å². The first-order chi connectivity index (χ1) is 13.8. The molecule has 0 aliphatic carbocycles. The number of amides is 1. The van der Waals surface area contributed by atoms with Crippen molar-refractivity contribution >= 4 is 50.7 Å². The second-order valence-electron chi connectivity index (χ2n) is 6.28. The maximum Gasteiger partial charge on any atom is 0.261 e. The highest BCUT2D eigenvalue weighted by Gasteiger charge is 2.17. The highest BCUT2D eigenvalue weighted by molar-refractivity contribution is 7.98. The van der Waals surface area contributed by atoms with Crippen LogP contribution in [-0.4, -0.2) is 20.6 Å². The van der Waals surface area contributed by atoms with Crippen molar-refractivity contribution in [3.05, 3.63) is 82.9 Å². The minimum Gasteiger partial charge on any atom is -0.322 e. The van der Waals surface area contributed by atoms with E-state index in [4.69, 9.17) is 11.6 Å². The van der Waals surface area contributed by atoms with E-state index in [1.54, 1.807) is 36.9 Å². The molecular weight excluding hydrogens is 428 g/mol. The molecule has 3 rings (SSSR count). The summed E-state index contributed by atoms with van der Waals surface area (Å²) in [5.41, 5.74) is 2.05. The van der Waals surface area contributed by atoms with Crippen molar-refractivity contribution in [2.45, 2.75) is 16.7 Å². The molecular formula is C21H19ClN2O3S2. The van der Waals surface area contributed by atoms with Gasteiger partial charge in [-0.15, -0.1) is 11.8 Å². The molecule has 0 spiro atoms. The maximum atomic E-state index is 12.7. The summed E-state index contributed by atoms with van der Waals surface area (Å²) in [5, 5.41) is 3.28. The van der Waals surface area contributed by atoms with E-state index in [0.29, 0.717) is 27.5 Å². The number of carbonyl (C=O) groups is 1. The number of halogens is 1. The number of thioether (sulfide) groups is 1. The average Bonchev–Trinajstić information content (AvgIpc) is 2.70. The lowest BCUT2D eigenvalue weighted by Gasteiger charge is -2.13. The third-order valence-corrected chi connectivity index (χ3v) is 6.55. The summed E-state index contributed by atoms with van der Waals surface area (Å²) in [6, 6.07) is 18.2. The lowest BCUT2D eigenvalue weighted by Crippen LogP contribution is -2.16. The summed E-state index contributed by atoms with van der Waals surface area (Å²) in [6.45, 7) is 1.77. The molecule has 29 heavy (non-hydrogen) atoms. The number of anilines is 2. The summed E-state index contributed by atoms with van der Waals surface area (Å²) < 4.78 is 27.8. The van der Waals surface area contributed by atoms with E-state index >= 15 is 0 Å². The molecule has 0 saturated carbocycles. The van der Waals surface area contributed by atoms with Crippen LogP contribution in [0.2, 0.25) is 5.02 Å². The Morgan fingerprint density at radius 3 is 2.41 bits per heavy atom. The van der Waals surface area contributed by atoms with E-state index in [1.807, 2.05) is 24.5 Å². The third kappa shape index (κ3) is 5.32. The predicted molar refractivity (Wildman–Crippen MR) is 120 cm³/mol. The van der Waals surface area contributed by atoms with Crippen molar-refractivity contribution in [1.82, 2.24) is 0 Å². The van der Waals surface area contributed by atoms with Gasteiger partial charge in [0, 0.05) is 21.2 Å². The second-order valence-corrected chi connectivity index (χ2v) is 9.27. The van der Waals surface area contributed by atoms with E-state index < -0.39 is 10.0 Å². The molecule has 0 aliphatic rings. The van der Waals surface area contributed by atoms with Crippen LogP contribution in [0.25, 0.3) is 0 Å². The fourth-order valence-corrected chi connectivity index (χ4v) is 4.30. The standard InChI is InChI=1S/C21H19ClN2O3S2/c1-14-6-7-15(21(25)23-17-4-3-5-18(13-17)28-2)12-20(14)24-29(26,27)19-10-8-16(22)9-11-19/h3-13,24H,1-2H3,(H,23,25). The average molecular weight is 447 g/mol. The normalized spacial score (nSPS) is 11.1. The first kappa shape index (κ1) is 21.2. The number of carbonyl (C=O) groups excluding carboxylic acids is 1. The van der Waals surface area contributed by atoms with Gasteiger partial charge in [0.2, 0.25) is 0 Å². The Bertz CT molecular complexity index is 1150. The lowest BCUT2D eigenvalue weighted by molar-refractivity contribution is 0.102. The molecule has 0 saturated heterocycles. The Morgan fingerprint density at radius 1 is 1.00 bits per heavy atom. The molecule has 3 aromatic carbocycles. The Balaban J connectivity index is 1.83. The van der Waals surface area contributed by atoms with Gasteiger partial charge in [-0.3, -0.25) is 9.52 Å². The van der Waals surface area contributed by atoms with Crippen LogP contribution < -0.4 is 10.0 Å². The van der Waals surface area contributed by atoms with Crippen LogP contribution in [0, 0.1) is 6.92 Å². The zero-order valence-corrected chi connectivity index (χ0v) is 18.2. The molecule has 1 amide bonds. The molecule has 0 radical (unpaired) electrons. The summed E-state index contributed by atoms with van der Waals surface area (Å²) in [5.74, 6) is -0.324. The van der Waals surface area contributed by atoms with E-state index in [2.05, 4.69) is 10.0 Å².